The van der Waals surface area contributed by atoms with Crippen molar-refractivity contribution < 1.29 is 9.84 Å². The van der Waals surface area contributed by atoms with Crippen molar-refractivity contribution in [2.24, 2.45) is 0 Å². The second kappa shape index (κ2) is 4.92. The van der Waals surface area contributed by atoms with Crippen LogP contribution < -0.4 is 5.32 Å². The maximum absolute atomic E-state index is 9.42. The summed E-state index contributed by atoms with van der Waals surface area (Å²) in [5.41, 5.74) is 1.86. The number of rotatable bonds is 1. The molecule has 3 rings (SSSR count). The summed E-state index contributed by atoms with van der Waals surface area (Å²) in [6.07, 6.45) is 1.01. The number of phenolic OH excluding ortho intramolecular Hbond substituents is 1. The van der Waals surface area contributed by atoms with E-state index in [0.29, 0.717) is 0 Å². The first-order valence-electron chi connectivity index (χ1n) is 6.25. The Morgan fingerprint density at radius 1 is 1.22 bits per heavy atom. The first kappa shape index (κ1) is 11.4. The van der Waals surface area contributed by atoms with Gasteiger partial charge in [0.05, 0.1) is 17.8 Å². The predicted octanol–water partition coefficient (Wildman–Crippen LogP) is 1.99. The zero-order valence-corrected chi connectivity index (χ0v) is 10.1. The van der Waals surface area contributed by atoms with Gasteiger partial charge in [-0.3, -0.25) is 4.98 Å². The summed E-state index contributed by atoms with van der Waals surface area (Å²) in [7, 11) is 0. The molecular weight excluding hydrogens is 228 g/mol. The molecule has 1 saturated heterocycles. The Hall–Kier alpha value is -1.65. The number of aromatic nitrogens is 1. The van der Waals surface area contributed by atoms with Gasteiger partial charge in [0.15, 0.2) is 0 Å². The number of benzene rings is 1. The number of pyridine rings is 1. The molecule has 0 amide bonds. The van der Waals surface area contributed by atoms with Crippen molar-refractivity contribution >= 4 is 10.9 Å². The Morgan fingerprint density at radius 3 is 3.11 bits per heavy atom. The Labute approximate surface area is 106 Å². The van der Waals surface area contributed by atoms with Crippen LogP contribution >= 0.6 is 0 Å². The molecule has 18 heavy (non-hydrogen) atoms. The van der Waals surface area contributed by atoms with Crippen molar-refractivity contribution in [2.75, 3.05) is 19.7 Å². The van der Waals surface area contributed by atoms with E-state index in [1.807, 2.05) is 18.2 Å². The van der Waals surface area contributed by atoms with Gasteiger partial charge in [-0.15, -0.1) is 0 Å². The number of nitrogens with one attached hydrogen (secondary N) is 1. The van der Waals surface area contributed by atoms with Gasteiger partial charge in [-0.25, -0.2) is 0 Å². The third-order valence-electron chi connectivity index (χ3n) is 3.21. The summed E-state index contributed by atoms with van der Waals surface area (Å²) in [5.74, 6) is 0.270. The normalized spacial score (nSPS) is 20.8. The van der Waals surface area contributed by atoms with Crippen molar-refractivity contribution in [3.63, 3.8) is 0 Å². The van der Waals surface area contributed by atoms with E-state index >= 15 is 0 Å². The second-order valence-electron chi connectivity index (χ2n) is 4.51. The van der Waals surface area contributed by atoms with Crippen LogP contribution in [0.5, 0.6) is 5.75 Å². The highest BCUT2D eigenvalue weighted by Gasteiger charge is 2.16. The van der Waals surface area contributed by atoms with E-state index in [-0.39, 0.29) is 11.9 Å². The highest BCUT2D eigenvalue weighted by atomic mass is 16.5. The lowest BCUT2D eigenvalue weighted by Crippen LogP contribution is -2.16. The van der Waals surface area contributed by atoms with Gasteiger partial charge in [0.25, 0.3) is 0 Å². The van der Waals surface area contributed by atoms with E-state index in [9.17, 15) is 5.11 Å². The fraction of sp³-hybridized carbons (Fsp3) is 0.357. The minimum absolute atomic E-state index is 0.0678. The number of phenols is 1. The summed E-state index contributed by atoms with van der Waals surface area (Å²) in [4.78, 5) is 4.62. The molecule has 1 fully saturated rings. The van der Waals surface area contributed by atoms with Crippen molar-refractivity contribution in [1.29, 1.82) is 0 Å². The second-order valence-corrected chi connectivity index (χ2v) is 4.51. The molecule has 0 saturated carbocycles. The highest BCUT2D eigenvalue weighted by Crippen LogP contribution is 2.24. The molecule has 4 nitrogen and oxygen atoms in total. The number of ether oxygens (including phenoxy) is 1. The molecular formula is C14H16N2O2. The number of nitrogens with zero attached hydrogens (tertiary/aromatic N) is 1. The van der Waals surface area contributed by atoms with Gasteiger partial charge in [-0.2, -0.15) is 0 Å². The van der Waals surface area contributed by atoms with Gasteiger partial charge < -0.3 is 15.2 Å². The number of aromatic hydroxyl groups is 1. The maximum atomic E-state index is 9.42. The minimum Gasteiger partial charge on any atom is -0.508 e. The van der Waals surface area contributed by atoms with Gasteiger partial charge in [-0.1, -0.05) is 6.07 Å². The first-order valence-corrected chi connectivity index (χ1v) is 6.25. The number of hydrogen-bond donors (Lipinski definition) is 2. The van der Waals surface area contributed by atoms with E-state index in [1.54, 1.807) is 12.1 Å². The Bertz CT molecular complexity index is 548. The molecule has 1 atom stereocenters. The van der Waals surface area contributed by atoms with Crippen LogP contribution in [0.15, 0.2) is 30.3 Å². The molecule has 4 heteroatoms. The monoisotopic (exact) mass is 244 g/mol. The summed E-state index contributed by atoms with van der Waals surface area (Å²) in [6, 6.07) is 9.19. The lowest BCUT2D eigenvalue weighted by atomic mass is 10.1. The van der Waals surface area contributed by atoms with Crippen LogP contribution in [0.3, 0.4) is 0 Å². The van der Waals surface area contributed by atoms with Crippen LogP contribution in [0.25, 0.3) is 10.9 Å². The van der Waals surface area contributed by atoms with E-state index < -0.39 is 0 Å². The summed E-state index contributed by atoms with van der Waals surface area (Å²) < 4.78 is 5.79. The summed E-state index contributed by atoms with van der Waals surface area (Å²) >= 11 is 0. The van der Waals surface area contributed by atoms with Gasteiger partial charge in [0.2, 0.25) is 0 Å². The number of hydrogen-bond acceptors (Lipinski definition) is 4. The van der Waals surface area contributed by atoms with Crippen LogP contribution in [0, 0.1) is 0 Å². The molecule has 1 unspecified atom stereocenters. The zero-order valence-electron chi connectivity index (χ0n) is 10.1. The third-order valence-corrected chi connectivity index (χ3v) is 3.21. The molecule has 0 spiro atoms. The molecule has 1 aliphatic rings. The number of fused-ring (bicyclic) bond motifs is 1. The highest BCUT2D eigenvalue weighted by molar-refractivity contribution is 5.80. The van der Waals surface area contributed by atoms with Crippen molar-refractivity contribution in [2.45, 2.75) is 12.5 Å². The molecule has 94 valence electrons. The molecule has 2 N–H and O–H groups in total. The topological polar surface area (TPSA) is 54.4 Å². The van der Waals surface area contributed by atoms with Crippen molar-refractivity contribution in [1.82, 2.24) is 10.3 Å². The molecule has 0 radical (unpaired) electrons. The fourth-order valence-electron chi connectivity index (χ4n) is 2.26. The third kappa shape index (κ3) is 2.30. The van der Waals surface area contributed by atoms with Gasteiger partial charge >= 0.3 is 0 Å². The Morgan fingerprint density at radius 2 is 2.17 bits per heavy atom. The largest absolute Gasteiger partial charge is 0.508 e. The Kier molecular flexibility index (Phi) is 3.13. The summed E-state index contributed by atoms with van der Waals surface area (Å²) in [6.45, 7) is 2.58. The SMILES string of the molecule is Oc1ccc2nc(C3CCNCCO3)ccc2c1. The molecule has 1 aliphatic heterocycles. The smallest absolute Gasteiger partial charge is 0.116 e. The summed E-state index contributed by atoms with van der Waals surface area (Å²) in [5, 5.41) is 13.7. The van der Waals surface area contributed by atoms with E-state index in [2.05, 4.69) is 10.3 Å². The quantitative estimate of drug-likeness (QED) is 0.805. The van der Waals surface area contributed by atoms with Crippen LogP contribution in [0.1, 0.15) is 18.2 Å². The van der Waals surface area contributed by atoms with Crippen molar-refractivity contribution in [3.05, 3.63) is 36.0 Å². The molecule has 1 aromatic carbocycles. The Balaban J connectivity index is 1.94. The van der Waals surface area contributed by atoms with Crippen LogP contribution in [0.2, 0.25) is 0 Å². The van der Waals surface area contributed by atoms with Crippen LogP contribution in [-0.4, -0.2) is 29.8 Å². The molecule has 2 aromatic rings. The average Bonchev–Trinajstić information content (AvgIpc) is 2.67. The van der Waals surface area contributed by atoms with Gasteiger partial charge in [0.1, 0.15) is 11.9 Å². The average molecular weight is 244 g/mol. The molecule has 0 aliphatic carbocycles. The van der Waals surface area contributed by atoms with Gasteiger partial charge in [-0.05, 0) is 37.2 Å². The fourth-order valence-corrected chi connectivity index (χ4v) is 2.26. The van der Waals surface area contributed by atoms with E-state index in [4.69, 9.17) is 4.74 Å². The van der Waals surface area contributed by atoms with E-state index in [1.165, 1.54) is 0 Å². The van der Waals surface area contributed by atoms with Crippen LogP contribution in [0.4, 0.5) is 0 Å². The molecule has 1 aromatic heterocycles. The van der Waals surface area contributed by atoms with Gasteiger partial charge in [0, 0.05) is 11.9 Å². The standard InChI is InChI=1S/C14H16N2O2/c17-11-2-4-12-10(9-11)1-3-13(16-12)14-5-6-15-7-8-18-14/h1-4,9,14-15,17H,5-8H2. The molecule has 0 bridgehead atoms. The van der Waals surface area contributed by atoms with E-state index in [0.717, 1.165) is 42.7 Å². The zero-order chi connectivity index (χ0) is 12.4. The maximum Gasteiger partial charge on any atom is 0.116 e. The lowest BCUT2D eigenvalue weighted by molar-refractivity contribution is 0.0616. The minimum atomic E-state index is 0.0678. The predicted molar refractivity (Wildman–Crippen MR) is 69.6 cm³/mol. The molecule has 2 heterocycles. The first-order chi connectivity index (χ1) is 8.83. The van der Waals surface area contributed by atoms with Crippen LogP contribution in [-0.2, 0) is 4.74 Å². The van der Waals surface area contributed by atoms with Crippen molar-refractivity contribution in [3.8, 4) is 5.75 Å². The lowest BCUT2D eigenvalue weighted by Gasteiger charge is -2.14.